The third kappa shape index (κ3) is 1.34. The van der Waals surface area contributed by atoms with Gasteiger partial charge < -0.3 is 10.6 Å². The van der Waals surface area contributed by atoms with Crippen molar-refractivity contribution in [3.63, 3.8) is 0 Å². The topological polar surface area (TPSA) is 24.1 Å². The van der Waals surface area contributed by atoms with Crippen molar-refractivity contribution in [1.82, 2.24) is 5.32 Å². The van der Waals surface area contributed by atoms with Crippen LogP contribution in [0.5, 0.6) is 0 Å². The van der Waals surface area contributed by atoms with E-state index in [4.69, 9.17) is 0 Å². The predicted molar refractivity (Wildman–Crippen MR) is 63.2 cm³/mol. The van der Waals surface area contributed by atoms with Crippen LogP contribution in [0.4, 0.5) is 10.1 Å². The summed E-state index contributed by atoms with van der Waals surface area (Å²) in [6, 6.07) is 5.49. The fourth-order valence-electron chi connectivity index (χ4n) is 3.22. The first-order valence-electron chi connectivity index (χ1n) is 5.85. The minimum Gasteiger partial charge on any atom is -0.380 e. The third-order valence-corrected chi connectivity index (χ3v) is 3.88. The zero-order valence-electron chi connectivity index (χ0n) is 9.68. The lowest BCUT2D eigenvalue weighted by Crippen LogP contribution is -2.50. The van der Waals surface area contributed by atoms with Crippen molar-refractivity contribution in [2.45, 2.75) is 25.8 Å². The van der Waals surface area contributed by atoms with Crippen LogP contribution in [0.2, 0.25) is 0 Å². The summed E-state index contributed by atoms with van der Waals surface area (Å²) < 4.78 is 13.3. The molecule has 2 aliphatic heterocycles. The highest BCUT2D eigenvalue weighted by molar-refractivity contribution is 5.60. The molecule has 16 heavy (non-hydrogen) atoms. The van der Waals surface area contributed by atoms with Gasteiger partial charge >= 0.3 is 0 Å². The lowest BCUT2D eigenvalue weighted by atomic mass is 9.70. The van der Waals surface area contributed by atoms with E-state index in [0.717, 1.165) is 24.3 Å². The summed E-state index contributed by atoms with van der Waals surface area (Å²) in [6.45, 7) is 6.45. The second-order valence-corrected chi connectivity index (χ2v) is 5.58. The molecule has 1 aromatic rings. The van der Waals surface area contributed by atoms with Gasteiger partial charge in [0.2, 0.25) is 0 Å². The second-order valence-electron chi connectivity index (χ2n) is 5.58. The van der Waals surface area contributed by atoms with Crippen LogP contribution in [0.15, 0.2) is 18.2 Å². The molecular formula is C13H17FN2. The summed E-state index contributed by atoms with van der Waals surface area (Å²) in [5.74, 6) is 0.287. The van der Waals surface area contributed by atoms with Crippen molar-refractivity contribution in [3.8, 4) is 0 Å². The second kappa shape index (κ2) is 3.20. The maximum absolute atomic E-state index is 13.3. The van der Waals surface area contributed by atoms with Crippen LogP contribution >= 0.6 is 0 Å². The van der Waals surface area contributed by atoms with E-state index in [1.165, 1.54) is 6.07 Å². The Kier molecular flexibility index (Phi) is 2.02. The number of rotatable bonds is 0. The van der Waals surface area contributed by atoms with Gasteiger partial charge in [0.15, 0.2) is 0 Å². The van der Waals surface area contributed by atoms with Gasteiger partial charge in [-0.2, -0.15) is 0 Å². The third-order valence-electron chi connectivity index (χ3n) is 3.88. The molecule has 2 nitrogen and oxygen atoms in total. The van der Waals surface area contributed by atoms with Gasteiger partial charge in [-0.15, -0.1) is 0 Å². The Bertz CT molecular complexity index is 428. The van der Waals surface area contributed by atoms with Crippen molar-refractivity contribution >= 4 is 5.69 Å². The normalized spacial score (nSPS) is 30.4. The molecule has 3 rings (SSSR count). The number of hydrogen-bond donors (Lipinski definition) is 2. The number of nitrogens with one attached hydrogen (secondary N) is 2. The SMILES string of the molecule is CC1(C)CNCC2Nc3ccc(F)cc3C21. The van der Waals surface area contributed by atoms with Crippen molar-refractivity contribution < 1.29 is 4.39 Å². The average Bonchev–Trinajstić information content (AvgIpc) is 2.56. The molecule has 1 fully saturated rings. The van der Waals surface area contributed by atoms with Crippen molar-refractivity contribution in [1.29, 1.82) is 0 Å². The highest BCUT2D eigenvalue weighted by Gasteiger charge is 2.44. The smallest absolute Gasteiger partial charge is 0.123 e. The number of fused-ring (bicyclic) bond motifs is 3. The molecule has 1 saturated heterocycles. The molecule has 2 unspecified atom stereocenters. The molecule has 0 radical (unpaired) electrons. The van der Waals surface area contributed by atoms with Crippen LogP contribution in [-0.4, -0.2) is 19.1 Å². The molecule has 0 spiro atoms. The highest BCUT2D eigenvalue weighted by atomic mass is 19.1. The fraction of sp³-hybridized carbons (Fsp3) is 0.538. The summed E-state index contributed by atoms with van der Waals surface area (Å²) in [5.41, 5.74) is 2.43. The van der Waals surface area contributed by atoms with E-state index in [1.807, 2.05) is 6.07 Å². The van der Waals surface area contributed by atoms with Crippen LogP contribution < -0.4 is 10.6 Å². The van der Waals surface area contributed by atoms with E-state index in [9.17, 15) is 4.39 Å². The standard InChI is InChI=1S/C13H17FN2/c1-13(2)7-15-6-11-12(13)9-5-8(14)3-4-10(9)16-11/h3-5,11-12,15-16H,6-7H2,1-2H3. The van der Waals surface area contributed by atoms with Crippen LogP contribution in [0.3, 0.4) is 0 Å². The Labute approximate surface area is 95.2 Å². The molecule has 0 aliphatic carbocycles. The summed E-state index contributed by atoms with van der Waals surface area (Å²) in [7, 11) is 0. The lowest BCUT2D eigenvalue weighted by Gasteiger charge is -2.41. The monoisotopic (exact) mass is 220 g/mol. The van der Waals surface area contributed by atoms with Crippen LogP contribution in [0, 0.1) is 11.2 Å². The van der Waals surface area contributed by atoms with Gasteiger partial charge in [0, 0.05) is 30.7 Å². The zero-order chi connectivity index (χ0) is 11.3. The molecule has 0 saturated carbocycles. The number of piperidine rings is 1. The molecule has 3 heteroatoms. The van der Waals surface area contributed by atoms with Crippen molar-refractivity contribution in [2.75, 3.05) is 18.4 Å². The van der Waals surface area contributed by atoms with E-state index in [0.29, 0.717) is 12.0 Å². The molecule has 0 amide bonds. The van der Waals surface area contributed by atoms with Gasteiger partial charge in [-0.3, -0.25) is 0 Å². The first kappa shape index (κ1) is 10.1. The van der Waals surface area contributed by atoms with E-state index < -0.39 is 0 Å². The number of benzene rings is 1. The summed E-state index contributed by atoms with van der Waals surface area (Å²) in [6.07, 6.45) is 0. The zero-order valence-corrected chi connectivity index (χ0v) is 9.68. The molecule has 2 aliphatic rings. The first-order valence-corrected chi connectivity index (χ1v) is 5.85. The maximum Gasteiger partial charge on any atom is 0.123 e. The molecule has 0 aromatic heterocycles. The van der Waals surface area contributed by atoms with Gasteiger partial charge in [0.1, 0.15) is 5.82 Å². The minimum absolute atomic E-state index is 0.129. The molecule has 1 aromatic carbocycles. The van der Waals surface area contributed by atoms with E-state index in [1.54, 1.807) is 6.07 Å². The molecular weight excluding hydrogens is 203 g/mol. The Morgan fingerprint density at radius 1 is 1.38 bits per heavy atom. The van der Waals surface area contributed by atoms with Crippen LogP contribution in [-0.2, 0) is 0 Å². The Hall–Kier alpha value is -1.09. The summed E-state index contributed by atoms with van der Waals surface area (Å²) >= 11 is 0. The van der Waals surface area contributed by atoms with Crippen LogP contribution in [0.25, 0.3) is 0 Å². The van der Waals surface area contributed by atoms with Crippen molar-refractivity contribution in [2.24, 2.45) is 5.41 Å². The largest absolute Gasteiger partial charge is 0.380 e. The Morgan fingerprint density at radius 3 is 3.00 bits per heavy atom. The van der Waals surface area contributed by atoms with E-state index in [-0.39, 0.29) is 11.2 Å². The number of anilines is 1. The first-order chi connectivity index (χ1) is 7.58. The number of hydrogen-bond acceptors (Lipinski definition) is 2. The average molecular weight is 220 g/mol. The molecule has 0 bridgehead atoms. The molecule has 2 N–H and O–H groups in total. The molecule has 2 heterocycles. The Balaban J connectivity index is 2.09. The van der Waals surface area contributed by atoms with Gasteiger partial charge in [0.05, 0.1) is 0 Å². The summed E-state index contributed by atoms with van der Waals surface area (Å²) in [5, 5.41) is 6.93. The van der Waals surface area contributed by atoms with E-state index in [2.05, 4.69) is 24.5 Å². The van der Waals surface area contributed by atoms with E-state index >= 15 is 0 Å². The maximum atomic E-state index is 13.3. The van der Waals surface area contributed by atoms with Crippen LogP contribution in [0.1, 0.15) is 25.3 Å². The summed E-state index contributed by atoms with van der Waals surface area (Å²) in [4.78, 5) is 0. The van der Waals surface area contributed by atoms with Crippen molar-refractivity contribution in [3.05, 3.63) is 29.6 Å². The number of halogens is 1. The minimum atomic E-state index is -0.129. The highest BCUT2D eigenvalue weighted by Crippen LogP contribution is 2.47. The predicted octanol–water partition coefficient (Wildman–Crippen LogP) is 2.33. The molecule has 2 atom stereocenters. The van der Waals surface area contributed by atoms with Gasteiger partial charge in [-0.05, 0) is 29.2 Å². The van der Waals surface area contributed by atoms with Gasteiger partial charge in [-0.25, -0.2) is 4.39 Å². The molecule has 86 valence electrons. The Morgan fingerprint density at radius 2 is 2.19 bits per heavy atom. The quantitative estimate of drug-likeness (QED) is 0.701. The fourth-order valence-corrected chi connectivity index (χ4v) is 3.22. The lowest BCUT2D eigenvalue weighted by molar-refractivity contribution is 0.212. The van der Waals surface area contributed by atoms with Gasteiger partial charge in [-0.1, -0.05) is 13.8 Å². The van der Waals surface area contributed by atoms with Gasteiger partial charge in [0.25, 0.3) is 0 Å².